The van der Waals surface area contributed by atoms with Gasteiger partial charge >= 0.3 is 5.97 Å². The fraction of sp³-hybridized carbons (Fsp3) is 0.222. The Hall–Kier alpha value is -0.800. The van der Waals surface area contributed by atoms with Crippen LogP contribution in [0.3, 0.4) is 0 Å². The molecule has 0 N–H and O–H groups in total. The highest BCUT2D eigenvalue weighted by atomic mass is 35.5. The van der Waals surface area contributed by atoms with Gasteiger partial charge in [0.1, 0.15) is 0 Å². The molecule has 0 saturated heterocycles. The Morgan fingerprint density at radius 1 is 1.77 bits per heavy atom. The van der Waals surface area contributed by atoms with Gasteiger partial charge in [-0.2, -0.15) is 0 Å². The standard InChI is InChI=1S/C9H9ClO2S/c1-12-9(11)7-5-8(13-6-7)3-2-4-10/h2-3,5-6H,4H2,1H3. The summed E-state index contributed by atoms with van der Waals surface area (Å²) in [5, 5.41) is 1.76. The fourth-order valence-corrected chi connectivity index (χ4v) is 1.71. The molecule has 0 saturated carbocycles. The highest BCUT2D eigenvalue weighted by Crippen LogP contribution is 2.16. The summed E-state index contributed by atoms with van der Waals surface area (Å²) in [6.45, 7) is 0. The van der Waals surface area contributed by atoms with Crippen LogP contribution in [0.4, 0.5) is 0 Å². The number of hydrogen-bond acceptors (Lipinski definition) is 3. The van der Waals surface area contributed by atoms with Gasteiger partial charge in [0.15, 0.2) is 0 Å². The van der Waals surface area contributed by atoms with Gasteiger partial charge in [-0.3, -0.25) is 0 Å². The second kappa shape index (κ2) is 5.04. The third-order valence-corrected chi connectivity index (χ3v) is 2.49. The molecule has 4 heteroatoms. The summed E-state index contributed by atoms with van der Waals surface area (Å²) >= 11 is 6.96. The average molecular weight is 217 g/mol. The quantitative estimate of drug-likeness (QED) is 0.574. The summed E-state index contributed by atoms with van der Waals surface area (Å²) in [6.07, 6.45) is 3.71. The first-order valence-electron chi connectivity index (χ1n) is 3.67. The van der Waals surface area contributed by atoms with E-state index in [2.05, 4.69) is 4.74 Å². The number of esters is 1. The van der Waals surface area contributed by atoms with E-state index in [1.165, 1.54) is 18.4 Å². The Kier molecular flexibility index (Phi) is 3.99. The number of alkyl halides is 1. The van der Waals surface area contributed by atoms with Crippen LogP contribution in [-0.2, 0) is 4.74 Å². The first-order chi connectivity index (χ1) is 6.27. The van der Waals surface area contributed by atoms with Crippen molar-refractivity contribution in [2.45, 2.75) is 0 Å². The molecule has 1 rings (SSSR count). The number of ether oxygens (including phenoxy) is 1. The summed E-state index contributed by atoms with van der Waals surface area (Å²) in [6, 6.07) is 1.78. The number of halogens is 1. The van der Waals surface area contributed by atoms with Crippen molar-refractivity contribution < 1.29 is 9.53 Å². The highest BCUT2D eigenvalue weighted by molar-refractivity contribution is 7.11. The van der Waals surface area contributed by atoms with Gasteiger partial charge in [0, 0.05) is 16.1 Å². The van der Waals surface area contributed by atoms with Crippen molar-refractivity contribution in [3.63, 3.8) is 0 Å². The van der Waals surface area contributed by atoms with E-state index in [0.717, 1.165) is 4.88 Å². The first-order valence-corrected chi connectivity index (χ1v) is 5.08. The lowest BCUT2D eigenvalue weighted by atomic mass is 10.3. The molecule has 0 amide bonds. The zero-order valence-corrected chi connectivity index (χ0v) is 8.69. The second-order valence-corrected chi connectivity index (χ2v) is 3.54. The van der Waals surface area contributed by atoms with Crippen LogP contribution in [0.2, 0.25) is 0 Å². The van der Waals surface area contributed by atoms with Crippen LogP contribution in [0.1, 0.15) is 15.2 Å². The predicted octanol–water partition coefficient (Wildman–Crippen LogP) is 2.79. The van der Waals surface area contributed by atoms with Crippen molar-refractivity contribution >= 4 is 35.0 Å². The molecule has 13 heavy (non-hydrogen) atoms. The summed E-state index contributed by atoms with van der Waals surface area (Å²) in [5.41, 5.74) is 0.585. The van der Waals surface area contributed by atoms with Crippen LogP contribution >= 0.6 is 22.9 Å². The normalized spacial score (nSPS) is 10.6. The van der Waals surface area contributed by atoms with E-state index in [0.29, 0.717) is 11.4 Å². The molecule has 0 aliphatic heterocycles. The number of rotatable bonds is 3. The van der Waals surface area contributed by atoms with Crippen molar-refractivity contribution in [1.29, 1.82) is 0 Å². The minimum absolute atomic E-state index is 0.304. The maximum absolute atomic E-state index is 11.0. The van der Waals surface area contributed by atoms with Crippen LogP contribution in [0.15, 0.2) is 17.5 Å². The number of thiophene rings is 1. The first kappa shape index (κ1) is 10.3. The van der Waals surface area contributed by atoms with Crippen molar-refractivity contribution in [3.05, 3.63) is 28.0 Å². The van der Waals surface area contributed by atoms with Crippen molar-refractivity contribution in [3.8, 4) is 0 Å². The Bertz CT molecular complexity index is 317. The zero-order chi connectivity index (χ0) is 9.68. The van der Waals surface area contributed by atoms with E-state index in [9.17, 15) is 4.79 Å². The highest BCUT2D eigenvalue weighted by Gasteiger charge is 2.06. The maximum atomic E-state index is 11.0. The summed E-state index contributed by atoms with van der Waals surface area (Å²) in [7, 11) is 1.37. The second-order valence-electron chi connectivity index (χ2n) is 2.29. The fourth-order valence-electron chi connectivity index (χ4n) is 0.826. The lowest BCUT2D eigenvalue weighted by Crippen LogP contribution is -1.97. The number of hydrogen-bond donors (Lipinski definition) is 0. The number of carbonyl (C=O) groups excluding carboxylic acids is 1. The molecule has 0 fully saturated rings. The zero-order valence-electron chi connectivity index (χ0n) is 7.12. The molecular weight excluding hydrogens is 208 g/mol. The molecule has 0 unspecified atom stereocenters. The Labute approximate surface area is 85.8 Å². The number of methoxy groups -OCH3 is 1. The van der Waals surface area contributed by atoms with Gasteiger partial charge < -0.3 is 4.74 Å². The van der Waals surface area contributed by atoms with E-state index in [-0.39, 0.29) is 5.97 Å². The third-order valence-electron chi connectivity index (χ3n) is 1.41. The predicted molar refractivity (Wildman–Crippen MR) is 55.4 cm³/mol. The van der Waals surface area contributed by atoms with E-state index in [4.69, 9.17) is 11.6 Å². The Balaban J connectivity index is 2.74. The minimum Gasteiger partial charge on any atom is -0.465 e. The molecule has 0 bridgehead atoms. The molecule has 0 aliphatic carbocycles. The molecular formula is C9H9ClO2S. The van der Waals surface area contributed by atoms with Crippen LogP contribution in [0, 0.1) is 0 Å². The summed E-state index contributed by atoms with van der Waals surface area (Å²) in [4.78, 5) is 12.0. The molecule has 0 aromatic carbocycles. The lowest BCUT2D eigenvalue weighted by molar-refractivity contribution is 0.0601. The average Bonchev–Trinajstić information content (AvgIpc) is 2.62. The van der Waals surface area contributed by atoms with Gasteiger partial charge in [-0.15, -0.1) is 22.9 Å². The van der Waals surface area contributed by atoms with Crippen LogP contribution in [0.25, 0.3) is 6.08 Å². The van der Waals surface area contributed by atoms with Crippen LogP contribution in [0.5, 0.6) is 0 Å². The van der Waals surface area contributed by atoms with Crippen molar-refractivity contribution in [1.82, 2.24) is 0 Å². The molecule has 1 heterocycles. The third kappa shape index (κ3) is 2.86. The molecule has 70 valence electrons. The molecule has 0 aliphatic rings. The molecule has 1 aromatic heterocycles. The minimum atomic E-state index is -0.304. The van der Waals surface area contributed by atoms with Gasteiger partial charge in [0.2, 0.25) is 0 Å². The monoisotopic (exact) mass is 216 g/mol. The SMILES string of the molecule is COC(=O)c1csc(C=CCCl)c1. The smallest absolute Gasteiger partial charge is 0.338 e. The Morgan fingerprint density at radius 2 is 2.54 bits per heavy atom. The molecule has 0 radical (unpaired) electrons. The molecule has 0 atom stereocenters. The largest absolute Gasteiger partial charge is 0.465 e. The lowest BCUT2D eigenvalue weighted by Gasteiger charge is -1.91. The number of allylic oxidation sites excluding steroid dienone is 1. The summed E-state index contributed by atoms with van der Waals surface area (Å²) < 4.78 is 4.57. The van der Waals surface area contributed by atoms with Gasteiger partial charge in [-0.25, -0.2) is 4.79 Å². The van der Waals surface area contributed by atoms with Crippen LogP contribution < -0.4 is 0 Å². The molecule has 1 aromatic rings. The van der Waals surface area contributed by atoms with Crippen molar-refractivity contribution in [2.24, 2.45) is 0 Å². The topological polar surface area (TPSA) is 26.3 Å². The van der Waals surface area contributed by atoms with Crippen molar-refractivity contribution in [2.75, 3.05) is 13.0 Å². The van der Waals surface area contributed by atoms with E-state index >= 15 is 0 Å². The Morgan fingerprint density at radius 3 is 3.15 bits per heavy atom. The maximum Gasteiger partial charge on any atom is 0.338 e. The van der Waals surface area contributed by atoms with Crippen LogP contribution in [-0.4, -0.2) is 19.0 Å². The van der Waals surface area contributed by atoms with Gasteiger partial charge in [-0.05, 0) is 12.1 Å². The van der Waals surface area contributed by atoms with E-state index < -0.39 is 0 Å². The number of carbonyl (C=O) groups is 1. The van der Waals surface area contributed by atoms with Gasteiger partial charge in [0.25, 0.3) is 0 Å². The molecule has 0 spiro atoms. The van der Waals surface area contributed by atoms with E-state index in [1.807, 2.05) is 12.2 Å². The summed E-state index contributed by atoms with van der Waals surface area (Å²) in [5.74, 6) is 0.174. The van der Waals surface area contributed by atoms with Gasteiger partial charge in [0.05, 0.1) is 12.7 Å². The molecule has 2 nitrogen and oxygen atoms in total. The van der Waals surface area contributed by atoms with Gasteiger partial charge in [-0.1, -0.05) is 6.08 Å². The van der Waals surface area contributed by atoms with E-state index in [1.54, 1.807) is 11.4 Å².